The van der Waals surface area contributed by atoms with Crippen LogP contribution < -0.4 is 0 Å². The average molecular weight is 313 g/mol. The summed E-state index contributed by atoms with van der Waals surface area (Å²) in [5.74, 6) is 0. The van der Waals surface area contributed by atoms with E-state index in [0.29, 0.717) is 5.41 Å². The Morgan fingerprint density at radius 1 is 1.14 bits per heavy atom. The van der Waals surface area contributed by atoms with Gasteiger partial charge in [0.2, 0.25) is 0 Å². The maximum absolute atomic E-state index is 6.21. The Morgan fingerprint density at radius 2 is 1.95 bits per heavy atom. The number of benzene rings is 2. The molecule has 0 saturated heterocycles. The molecule has 1 unspecified atom stereocenters. The molecule has 0 nitrogen and oxygen atoms in total. The van der Waals surface area contributed by atoms with Gasteiger partial charge in [0, 0.05) is 5.02 Å². The molecule has 0 saturated carbocycles. The van der Waals surface area contributed by atoms with Crippen molar-refractivity contribution in [3.8, 4) is 0 Å². The molecule has 116 valence electrons. The second-order valence-corrected chi connectivity index (χ2v) is 7.15. The van der Waals surface area contributed by atoms with E-state index in [0.717, 1.165) is 5.02 Å². The first-order valence-corrected chi connectivity index (χ1v) is 8.86. The third-order valence-electron chi connectivity index (χ3n) is 5.55. The van der Waals surface area contributed by atoms with Crippen LogP contribution in [0.2, 0.25) is 5.02 Å². The predicted molar refractivity (Wildman–Crippen MR) is 95.9 cm³/mol. The van der Waals surface area contributed by atoms with Crippen LogP contribution >= 0.6 is 11.6 Å². The molecule has 2 aromatic rings. The molecule has 1 atom stereocenters. The summed E-state index contributed by atoms with van der Waals surface area (Å²) in [6, 6.07) is 15.4. The molecule has 0 aliphatic heterocycles. The lowest BCUT2D eigenvalue weighted by Crippen LogP contribution is -2.31. The topological polar surface area (TPSA) is 0 Å². The highest BCUT2D eigenvalue weighted by Gasteiger charge is 2.34. The maximum Gasteiger partial charge on any atom is 0.0408 e. The highest BCUT2D eigenvalue weighted by Crippen LogP contribution is 2.44. The second-order valence-electron chi connectivity index (χ2n) is 6.72. The third-order valence-corrected chi connectivity index (χ3v) is 5.79. The number of hydrogen-bond donors (Lipinski definition) is 0. The van der Waals surface area contributed by atoms with E-state index in [1.165, 1.54) is 55.2 Å². The summed E-state index contributed by atoms with van der Waals surface area (Å²) in [4.78, 5) is 0. The van der Waals surface area contributed by atoms with Crippen LogP contribution in [0.5, 0.6) is 0 Å². The van der Waals surface area contributed by atoms with Gasteiger partial charge in [-0.15, -0.1) is 0 Å². The van der Waals surface area contributed by atoms with Gasteiger partial charge in [-0.05, 0) is 85.3 Å². The van der Waals surface area contributed by atoms with Gasteiger partial charge < -0.3 is 0 Å². The van der Waals surface area contributed by atoms with Crippen molar-refractivity contribution in [2.45, 2.75) is 57.8 Å². The van der Waals surface area contributed by atoms with Gasteiger partial charge in [0.05, 0.1) is 0 Å². The summed E-state index contributed by atoms with van der Waals surface area (Å²) in [6.45, 7) is 4.57. The first-order chi connectivity index (χ1) is 10.6. The summed E-state index contributed by atoms with van der Waals surface area (Å²) >= 11 is 6.21. The van der Waals surface area contributed by atoms with Crippen molar-refractivity contribution in [3.63, 3.8) is 0 Å². The third kappa shape index (κ3) is 2.94. The first kappa shape index (κ1) is 15.6. The number of hydrogen-bond acceptors (Lipinski definition) is 0. The van der Waals surface area contributed by atoms with Crippen molar-refractivity contribution in [1.82, 2.24) is 0 Å². The Hall–Kier alpha value is -1.27. The zero-order valence-corrected chi connectivity index (χ0v) is 14.4. The molecular formula is C21H25Cl. The first-order valence-electron chi connectivity index (χ1n) is 8.48. The van der Waals surface area contributed by atoms with Gasteiger partial charge in [-0.1, -0.05) is 48.9 Å². The zero-order valence-electron chi connectivity index (χ0n) is 13.7. The lowest BCUT2D eigenvalue weighted by atomic mass is 9.65. The van der Waals surface area contributed by atoms with Crippen molar-refractivity contribution in [1.29, 1.82) is 0 Å². The van der Waals surface area contributed by atoms with Crippen LogP contribution in [0.15, 0.2) is 42.5 Å². The minimum atomic E-state index is 0.334. The van der Waals surface area contributed by atoms with Gasteiger partial charge in [-0.25, -0.2) is 0 Å². The molecule has 0 bridgehead atoms. The predicted octanol–water partition coefficient (Wildman–Crippen LogP) is 6.27. The van der Waals surface area contributed by atoms with E-state index in [1.807, 2.05) is 0 Å². The highest BCUT2D eigenvalue weighted by atomic mass is 35.5. The fourth-order valence-corrected chi connectivity index (χ4v) is 4.30. The van der Waals surface area contributed by atoms with E-state index in [1.54, 1.807) is 5.56 Å². The van der Waals surface area contributed by atoms with E-state index in [9.17, 15) is 0 Å². The maximum atomic E-state index is 6.21. The fraction of sp³-hybridized carbons (Fsp3) is 0.429. The quantitative estimate of drug-likeness (QED) is 0.624. The molecule has 3 rings (SSSR count). The monoisotopic (exact) mass is 312 g/mol. The summed E-state index contributed by atoms with van der Waals surface area (Å²) in [5.41, 5.74) is 6.28. The molecule has 0 heterocycles. The summed E-state index contributed by atoms with van der Waals surface area (Å²) in [5, 5.41) is 0.879. The van der Waals surface area contributed by atoms with Crippen molar-refractivity contribution >= 4 is 11.6 Å². The van der Waals surface area contributed by atoms with Crippen LogP contribution in [0.1, 0.15) is 54.9 Å². The van der Waals surface area contributed by atoms with Crippen molar-refractivity contribution in [3.05, 3.63) is 69.7 Å². The van der Waals surface area contributed by atoms with Crippen LogP contribution in [0, 0.1) is 6.92 Å². The Morgan fingerprint density at radius 3 is 2.73 bits per heavy atom. The summed E-state index contributed by atoms with van der Waals surface area (Å²) in [6.07, 6.45) is 7.40. The Labute approximate surface area is 139 Å². The van der Waals surface area contributed by atoms with Gasteiger partial charge in [0.15, 0.2) is 0 Å². The second kappa shape index (κ2) is 6.46. The van der Waals surface area contributed by atoms with Crippen LogP contribution in [0.3, 0.4) is 0 Å². The molecule has 0 aromatic heterocycles. The molecule has 1 heteroatoms. The molecule has 0 radical (unpaired) electrons. The van der Waals surface area contributed by atoms with Crippen LogP contribution in [-0.2, 0) is 18.3 Å². The van der Waals surface area contributed by atoms with Gasteiger partial charge in [0.25, 0.3) is 0 Å². The molecule has 22 heavy (non-hydrogen) atoms. The van der Waals surface area contributed by atoms with E-state index >= 15 is 0 Å². The molecule has 1 aliphatic carbocycles. The van der Waals surface area contributed by atoms with E-state index in [4.69, 9.17) is 11.6 Å². The summed E-state index contributed by atoms with van der Waals surface area (Å²) < 4.78 is 0. The Balaban J connectivity index is 1.89. The van der Waals surface area contributed by atoms with Crippen LogP contribution in [-0.4, -0.2) is 0 Å². The fourth-order valence-electron chi connectivity index (χ4n) is 4.11. The highest BCUT2D eigenvalue weighted by molar-refractivity contribution is 6.30. The number of rotatable bonds is 4. The normalized spacial score (nSPS) is 20.7. The van der Waals surface area contributed by atoms with E-state index in [2.05, 4.69) is 56.3 Å². The van der Waals surface area contributed by atoms with Crippen LogP contribution in [0.4, 0.5) is 0 Å². The van der Waals surface area contributed by atoms with Gasteiger partial charge in [-0.2, -0.15) is 0 Å². The van der Waals surface area contributed by atoms with Gasteiger partial charge in [-0.3, -0.25) is 0 Å². The van der Waals surface area contributed by atoms with Crippen molar-refractivity contribution in [2.24, 2.45) is 0 Å². The lowest BCUT2D eigenvalue weighted by molar-refractivity contribution is 0.322. The molecule has 0 spiro atoms. The Bertz CT molecular complexity index is 659. The minimum Gasteiger partial charge on any atom is -0.0843 e. The standard InChI is InChI=1S/C21H25Cl/c1-3-21(14-12-17-8-5-4-7-16(17)2)13-6-9-18-15-19(22)10-11-20(18)21/h4-5,7-8,10-11,15H,3,6,9,12-14H2,1-2H3. The van der Waals surface area contributed by atoms with E-state index in [-0.39, 0.29) is 0 Å². The van der Waals surface area contributed by atoms with Crippen molar-refractivity contribution < 1.29 is 0 Å². The minimum absolute atomic E-state index is 0.334. The molecule has 0 N–H and O–H groups in total. The number of halogens is 1. The molecular weight excluding hydrogens is 288 g/mol. The molecule has 1 aliphatic rings. The van der Waals surface area contributed by atoms with E-state index < -0.39 is 0 Å². The van der Waals surface area contributed by atoms with Crippen molar-refractivity contribution in [2.75, 3.05) is 0 Å². The smallest absolute Gasteiger partial charge is 0.0408 e. The summed E-state index contributed by atoms with van der Waals surface area (Å²) in [7, 11) is 0. The molecule has 0 amide bonds. The number of aryl methyl sites for hydroxylation is 3. The number of fused-ring (bicyclic) bond motifs is 1. The SMILES string of the molecule is CCC1(CCc2ccccc2C)CCCc2cc(Cl)ccc21. The van der Waals surface area contributed by atoms with Gasteiger partial charge >= 0.3 is 0 Å². The lowest BCUT2D eigenvalue weighted by Gasteiger charge is -2.39. The largest absolute Gasteiger partial charge is 0.0843 e. The molecule has 2 aromatic carbocycles. The average Bonchev–Trinajstić information content (AvgIpc) is 2.53. The zero-order chi connectivity index (χ0) is 15.6. The van der Waals surface area contributed by atoms with Gasteiger partial charge in [0.1, 0.15) is 0 Å². The van der Waals surface area contributed by atoms with Crippen LogP contribution in [0.25, 0.3) is 0 Å². The Kier molecular flexibility index (Phi) is 4.59. The molecule has 0 fully saturated rings.